The minimum absolute atomic E-state index is 0.0660. The monoisotopic (exact) mass is 515 g/mol. The number of aryl methyl sites for hydroxylation is 2. The maximum Gasteiger partial charge on any atom is 0.323 e. The Labute approximate surface area is 220 Å². The Morgan fingerprint density at radius 3 is 2.34 bits per heavy atom. The van der Waals surface area contributed by atoms with Gasteiger partial charge in [0.25, 0.3) is 0 Å². The molecule has 0 saturated carbocycles. The van der Waals surface area contributed by atoms with Gasteiger partial charge in [-0.1, -0.05) is 60.7 Å². The highest BCUT2D eigenvalue weighted by molar-refractivity contribution is 5.94. The number of halogens is 1. The van der Waals surface area contributed by atoms with Crippen molar-refractivity contribution in [3.05, 3.63) is 101 Å². The summed E-state index contributed by atoms with van der Waals surface area (Å²) in [7, 11) is 0. The first-order chi connectivity index (χ1) is 18.4. The molecular formula is C31H30FNO5. The predicted octanol–water partition coefficient (Wildman–Crippen LogP) is 6.45. The predicted molar refractivity (Wildman–Crippen MR) is 146 cm³/mol. The highest BCUT2D eigenvalue weighted by Gasteiger charge is 2.13. The number of carboxylic acids is 2. The molecule has 0 amide bonds. The molecule has 2 N–H and O–H groups in total. The molecular weight excluding hydrogens is 485 g/mol. The fourth-order valence-electron chi connectivity index (χ4n) is 4.51. The molecule has 6 nitrogen and oxygen atoms in total. The van der Waals surface area contributed by atoms with Gasteiger partial charge in [0.05, 0.1) is 12.1 Å². The third-order valence-electron chi connectivity index (χ3n) is 6.31. The van der Waals surface area contributed by atoms with E-state index in [-0.39, 0.29) is 18.8 Å². The van der Waals surface area contributed by atoms with E-state index in [1.165, 1.54) is 6.07 Å². The summed E-state index contributed by atoms with van der Waals surface area (Å²) in [5.74, 6) is -1.24. The molecule has 3 aromatic carbocycles. The zero-order chi connectivity index (χ0) is 26.9. The van der Waals surface area contributed by atoms with E-state index in [1.54, 1.807) is 16.7 Å². The molecule has 0 spiro atoms. The van der Waals surface area contributed by atoms with E-state index in [0.717, 1.165) is 33.3 Å². The Morgan fingerprint density at radius 1 is 0.842 bits per heavy atom. The van der Waals surface area contributed by atoms with Crippen molar-refractivity contribution in [1.82, 2.24) is 4.57 Å². The maximum atomic E-state index is 13.7. The number of ether oxygens (including phenoxy) is 1. The van der Waals surface area contributed by atoms with Crippen LogP contribution in [0.2, 0.25) is 0 Å². The highest BCUT2D eigenvalue weighted by atomic mass is 19.1. The number of carboxylic acid groups (broad SMARTS) is 2. The van der Waals surface area contributed by atoms with Crippen LogP contribution in [0.1, 0.15) is 41.5 Å². The van der Waals surface area contributed by atoms with Crippen molar-refractivity contribution in [1.29, 1.82) is 0 Å². The number of rotatable bonds is 13. The van der Waals surface area contributed by atoms with Gasteiger partial charge in [-0.3, -0.25) is 9.59 Å². The van der Waals surface area contributed by atoms with Crippen LogP contribution in [0.15, 0.2) is 72.9 Å². The summed E-state index contributed by atoms with van der Waals surface area (Å²) < 4.78 is 21.2. The summed E-state index contributed by atoms with van der Waals surface area (Å²) in [4.78, 5) is 22.4. The van der Waals surface area contributed by atoms with Crippen LogP contribution >= 0.6 is 0 Å². The molecule has 196 valence electrons. The van der Waals surface area contributed by atoms with Gasteiger partial charge in [-0.25, -0.2) is 4.39 Å². The smallest absolute Gasteiger partial charge is 0.323 e. The SMILES string of the molecule is O=C(O)CCCc1cn(CC(=O)O)c2c(/C=C/c3ccc(OCCCc4ccccc4F)cc3)cccc12. The number of aliphatic carboxylic acids is 2. The lowest BCUT2D eigenvalue weighted by atomic mass is 10.0. The second-order valence-corrected chi connectivity index (χ2v) is 9.11. The minimum atomic E-state index is -0.942. The molecule has 0 atom stereocenters. The summed E-state index contributed by atoms with van der Waals surface area (Å²) in [6.45, 7) is 0.310. The van der Waals surface area contributed by atoms with Crippen LogP contribution in [-0.4, -0.2) is 33.3 Å². The molecule has 4 rings (SSSR count). The number of aromatic nitrogens is 1. The van der Waals surface area contributed by atoms with Crippen LogP contribution < -0.4 is 4.74 Å². The largest absolute Gasteiger partial charge is 0.494 e. The van der Waals surface area contributed by atoms with Crippen LogP contribution in [0.5, 0.6) is 5.75 Å². The van der Waals surface area contributed by atoms with E-state index in [9.17, 15) is 19.1 Å². The molecule has 0 unspecified atom stereocenters. The molecule has 4 aromatic rings. The number of para-hydroxylation sites is 1. The lowest BCUT2D eigenvalue weighted by Crippen LogP contribution is -2.07. The van der Waals surface area contributed by atoms with Crippen LogP contribution in [0.25, 0.3) is 23.1 Å². The summed E-state index contributed by atoms with van der Waals surface area (Å²) in [5, 5.41) is 19.3. The lowest BCUT2D eigenvalue weighted by molar-refractivity contribution is -0.138. The van der Waals surface area contributed by atoms with Crippen molar-refractivity contribution in [3.63, 3.8) is 0 Å². The number of nitrogens with zero attached hydrogens (tertiary/aromatic N) is 1. The van der Waals surface area contributed by atoms with Crippen LogP contribution in [0, 0.1) is 5.82 Å². The van der Waals surface area contributed by atoms with Gasteiger partial charge in [0.1, 0.15) is 18.1 Å². The first-order valence-corrected chi connectivity index (χ1v) is 12.6. The summed E-state index contributed by atoms with van der Waals surface area (Å²) >= 11 is 0. The summed E-state index contributed by atoms with van der Waals surface area (Å²) in [6, 6.07) is 20.2. The number of hydrogen-bond acceptors (Lipinski definition) is 3. The van der Waals surface area contributed by atoms with Crippen molar-refractivity contribution in [2.45, 2.75) is 38.6 Å². The van der Waals surface area contributed by atoms with Gasteiger partial charge in [-0.05, 0) is 66.1 Å². The Bertz CT molecular complexity index is 1440. The van der Waals surface area contributed by atoms with E-state index in [2.05, 4.69) is 0 Å². The van der Waals surface area contributed by atoms with Crippen molar-refractivity contribution in [2.75, 3.05) is 6.61 Å². The third kappa shape index (κ3) is 7.09. The van der Waals surface area contributed by atoms with Crippen LogP contribution in [-0.2, 0) is 29.0 Å². The van der Waals surface area contributed by atoms with E-state index in [1.807, 2.05) is 66.9 Å². The molecule has 0 bridgehead atoms. The zero-order valence-corrected chi connectivity index (χ0v) is 21.0. The van der Waals surface area contributed by atoms with Crippen molar-refractivity contribution in [2.24, 2.45) is 0 Å². The highest BCUT2D eigenvalue weighted by Crippen LogP contribution is 2.28. The molecule has 1 heterocycles. The van der Waals surface area contributed by atoms with Crippen molar-refractivity contribution < 1.29 is 28.9 Å². The lowest BCUT2D eigenvalue weighted by Gasteiger charge is -2.07. The van der Waals surface area contributed by atoms with Gasteiger partial charge < -0.3 is 19.5 Å². The van der Waals surface area contributed by atoms with Gasteiger partial charge in [0.15, 0.2) is 0 Å². The second kappa shape index (κ2) is 12.7. The quantitative estimate of drug-likeness (QED) is 0.158. The molecule has 0 aliphatic rings. The first kappa shape index (κ1) is 26.7. The van der Waals surface area contributed by atoms with Gasteiger partial charge in [-0.2, -0.15) is 0 Å². The molecule has 0 radical (unpaired) electrons. The minimum Gasteiger partial charge on any atom is -0.494 e. The topological polar surface area (TPSA) is 88.8 Å². The van der Waals surface area contributed by atoms with Gasteiger partial charge in [-0.15, -0.1) is 0 Å². The normalized spacial score (nSPS) is 11.3. The molecule has 0 aliphatic carbocycles. The van der Waals surface area contributed by atoms with E-state index >= 15 is 0 Å². The number of fused-ring (bicyclic) bond motifs is 1. The Hall–Kier alpha value is -4.39. The molecule has 7 heteroatoms. The van der Waals surface area contributed by atoms with Gasteiger partial charge in [0.2, 0.25) is 0 Å². The average Bonchev–Trinajstić information content (AvgIpc) is 3.24. The number of benzene rings is 3. The standard InChI is InChI=1S/C31H30FNO5/c32-28-11-2-1-6-23(28)9-5-19-38-26-17-14-22(15-18-26)13-16-24-7-3-10-27-25(8-4-12-29(34)35)20-33(31(24)27)21-30(36)37/h1-3,6-7,10-11,13-18,20H,4-5,8-9,12,19,21H2,(H,34,35)(H,36,37)/b16-13+. The number of hydrogen-bond donors (Lipinski definition) is 2. The van der Waals surface area contributed by atoms with Gasteiger partial charge in [0, 0.05) is 18.0 Å². The maximum absolute atomic E-state index is 13.7. The summed E-state index contributed by atoms with van der Waals surface area (Å²) in [6.07, 6.45) is 8.16. The zero-order valence-electron chi connectivity index (χ0n) is 21.0. The molecule has 0 aliphatic heterocycles. The van der Waals surface area contributed by atoms with Crippen molar-refractivity contribution >= 4 is 35.0 Å². The van der Waals surface area contributed by atoms with Crippen LogP contribution in [0.4, 0.5) is 4.39 Å². The Morgan fingerprint density at radius 2 is 1.61 bits per heavy atom. The fraction of sp³-hybridized carbons (Fsp3) is 0.226. The molecule has 1 aromatic heterocycles. The van der Waals surface area contributed by atoms with Crippen LogP contribution in [0.3, 0.4) is 0 Å². The van der Waals surface area contributed by atoms with E-state index in [4.69, 9.17) is 9.84 Å². The first-order valence-electron chi connectivity index (χ1n) is 12.6. The fourth-order valence-corrected chi connectivity index (χ4v) is 4.51. The molecule has 38 heavy (non-hydrogen) atoms. The van der Waals surface area contributed by atoms with E-state index in [0.29, 0.717) is 37.9 Å². The van der Waals surface area contributed by atoms with Gasteiger partial charge >= 0.3 is 11.9 Å². The Kier molecular flexibility index (Phi) is 8.93. The number of carbonyl (C=O) groups is 2. The molecule has 0 fully saturated rings. The van der Waals surface area contributed by atoms with E-state index < -0.39 is 11.9 Å². The average molecular weight is 516 g/mol. The second-order valence-electron chi connectivity index (χ2n) is 9.11. The Balaban J connectivity index is 1.43. The molecule has 0 saturated heterocycles. The third-order valence-corrected chi connectivity index (χ3v) is 6.31. The van der Waals surface area contributed by atoms with Crippen molar-refractivity contribution in [3.8, 4) is 5.75 Å². The summed E-state index contributed by atoms with van der Waals surface area (Å²) in [5.41, 5.74) is 4.27.